The lowest BCUT2D eigenvalue weighted by molar-refractivity contribution is -0.130. The SMILES string of the molecule is O=C1CC(CS(=O)(=O)F)CN1CC1CCCCO1. The lowest BCUT2D eigenvalue weighted by atomic mass is 10.1. The Hall–Kier alpha value is -0.690. The minimum absolute atomic E-state index is 0.0448. The molecule has 18 heavy (non-hydrogen) atoms. The van der Waals surface area contributed by atoms with Crippen LogP contribution in [-0.4, -0.2) is 50.8 Å². The molecule has 2 atom stereocenters. The molecule has 2 aliphatic rings. The Morgan fingerprint density at radius 2 is 2.17 bits per heavy atom. The molecule has 2 fully saturated rings. The quantitative estimate of drug-likeness (QED) is 0.711. The molecular weight excluding hydrogens is 261 g/mol. The van der Waals surface area contributed by atoms with E-state index in [2.05, 4.69) is 0 Å². The van der Waals surface area contributed by atoms with Gasteiger partial charge in [0.05, 0.1) is 11.9 Å². The fourth-order valence-electron chi connectivity index (χ4n) is 2.62. The highest BCUT2D eigenvalue weighted by molar-refractivity contribution is 7.86. The first-order valence-corrected chi connectivity index (χ1v) is 7.81. The van der Waals surface area contributed by atoms with E-state index in [9.17, 15) is 17.1 Å². The standard InChI is InChI=1S/C11H18FNO4S/c12-18(15,16)8-9-5-11(14)13(6-9)7-10-3-1-2-4-17-10/h9-10H,1-8H2. The Balaban J connectivity index is 1.85. The third-order valence-corrected chi connectivity index (χ3v) is 4.30. The monoisotopic (exact) mass is 279 g/mol. The third-order valence-electron chi connectivity index (χ3n) is 3.43. The van der Waals surface area contributed by atoms with Crippen molar-refractivity contribution in [2.24, 2.45) is 5.92 Å². The summed E-state index contributed by atoms with van der Waals surface area (Å²) in [5.74, 6) is -1.07. The second-order valence-corrected chi connectivity index (χ2v) is 6.47. The molecule has 0 aromatic rings. The summed E-state index contributed by atoms with van der Waals surface area (Å²) in [5, 5.41) is 0. The average Bonchev–Trinajstić information content (AvgIpc) is 2.58. The molecule has 5 nitrogen and oxygen atoms in total. The largest absolute Gasteiger partial charge is 0.376 e. The lowest BCUT2D eigenvalue weighted by Crippen LogP contribution is -2.37. The van der Waals surface area contributed by atoms with Gasteiger partial charge in [0.25, 0.3) is 0 Å². The van der Waals surface area contributed by atoms with E-state index in [-0.39, 0.29) is 18.4 Å². The van der Waals surface area contributed by atoms with Gasteiger partial charge in [0.15, 0.2) is 0 Å². The molecule has 2 heterocycles. The summed E-state index contributed by atoms with van der Waals surface area (Å²) in [6, 6.07) is 0. The summed E-state index contributed by atoms with van der Waals surface area (Å²) in [6.45, 7) is 1.54. The van der Waals surface area contributed by atoms with Crippen LogP contribution in [0, 0.1) is 5.92 Å². The second-order valence-electron chi connectivity index (χ2n) is 5.06. The zero-order valence-corrected chi connectivity index (χ0v) is 11.0. The Bertz CT molecular complexity index is 405. The first-order valence-electron chi connectivity index (χ1n) is 6.26. The smallest absolute Gasteiger partial charge is 0.302 e. The number of hydrogen-bond acceptors (Lipinski definition) is 4. The van der Waals surface area contributed by atoms with E-state index in [1.165, 1.54) is 0 Å². The van der Waals surface area contributed by atoms with Crippen LogP contribution in [0.3, 0.4) is 0 Å². The van der Waals surface area contributed by atoms with E-state index < -0.39 is 21.9 Å². The number of carbonyl (C=O) groups is 1. The summed E-state index contributed by atoms with van der Waals surface area (Å²) in [7, 11) is -4.50. The number of carbonyl (C=O) groups excluding carboxylic acids is 1. The van der Waals surface area contributed by atoms with Crippen LogP contribution in [0.15, 0.2) is 0 Å². The van der Waals surface area contributed by atoms with Crippen molar-refractivity contribution in [3.63, 3.8) is 0 Å². The maximum absolute atomic E-state index is 12.6. The number of amides is 1. The average molecular weight is 279 g/mol. The van der Waals surface area contributed by atoms with Gasteiger partial charge < -0.3 is 9.64 Å². The molecule has 104 valence electrons. The molecule has 7 heteroatoms. The van der Waals surface area contributed by atoms with Crippen LogP contribution in [-0.2, 0) is 19.8 Å². The van der Waals surface area contributed by atoms with Crippen molar-refractivity contribution >= 4 is 16.1 Å². The van der Waals surface area contributed by atoms with E-state index in [1.807, 2.05) is 0 Å². The zero-order chi connectivity index (χ0) is 13.2. The summed E-state index contributed by atoms with van der Waals surface area (Å²) < 4.78 is 39.2. The fraction of sp³-hybridized carbons (Fsp3) is 0.909. The molecule has 2 unspecified atom stereocenters. The Labute approximate surface area is 106 Å². The van der Waals surface area contributed by atoms with Gasteiger partial charge in [-0.15, -0.1) is 3.89 Å². The maximum Gasteiger partial charge on any atom is 0.302 e. The Morgan fingerprint density at radius 1 is 1.39 bits per heavy atom. The highest BCUT2D eigenvalue weighted by Gasteiger charge is 2.34. The predicted octanol–water partition coefficient (Wildman–Crippen LogP) is 0.703. The van der Waals surface area contributed by atoms with Crippen molar-refractivity contribution < 1.29 is 21.8 Å². The minimum atomic E-state index is -4.50. The predicted molar refractivity (Wildman–Crippen MR) is 63.2 cm³/mol. The first-order chi connectivity index (χ1) is 8.44. The molecule has 0 bridgehead atoms. The summed E-state index contributed by atoms with van der Waals surface area (Å²) in [4.78, 5) is 13.3. The molecule has 1 amide bonds. The van der Waals surface area contributed by atoms with Crippen molar-refractivity contribution in [1.29, 1.82) is 0 Å². The van der Waals surface area contributed by atoms with Crippen LogP contribution in [0.4, 0.5) is 3.89 Å². The van der Waals surface area contributed by atoms with E-state index in [1.54, 1.807) is 4.90 Å². The van der Waals surface area contributed by atoms with Crippen LogP contribution >= 0.6 is 0 Å². The summed E-state index contributed by atoms with van der Waals surface area (Å²) >= 11 is 0. The number of hydrogen-bond donors (Lipinski definition) is 0. The Kier molecular flexibility index (Phi) is 4.21. The van der Waals surface area contributed by atoms with Gasteiger partial charge in [0.2, 0.25) is 5.91 Å². The molecule has 0 aliphatic carbocycles. The molecule has 0 saturated carbocycles. The van der Waals surface area contributed by atoms with Gasteiger partial charge >= 0.3 is 10.2 Å². The topological polar surface area (TPSA) is 63.7 Å². The normalized spacial score (nSPS) is 29.8. The van der Waals surface area contributed by atoms with Gasteiger partial charge in [-0.25, -0.2) is 0 Å². The van der Waals surface area contributed by atoms with Crippen LogP contribution in [0.25, 0.3) is 0 Å². The van der Waals surface area contributed by atoms with Gasteiger partial charge in [-0.3, -0.25) is 4.79 Å². The molecule has 0 radical (unpaired) electrons. The van der Waals surface area contributed by atoms with Gasteiger partial charge in [-0.1, -0.05) is 0 Å². The van der Waals surface area contributed by atoms with Gasteiger partial charge in [0.1, 0.15) is 0 Å². The van der Waals surface area contributed by atoms with Crippen molar-refractivity contribution in [3.8, 4) is 0 Å². The summed E-state index contributed by atoms with van der Waals surface area (Å²) in [6.07, 6.45) is 3.23. The van der Waals surface area contributed by atoms with Crippen LogP contribution in [0.2, 0.25) is 0 Å². The molecule has 0 spiro atoms. The highest BCUT2D eigenvalue weighted by atomic mass is 32.3. The van der Waals surface area contributed by atoms with Crippen molar-refractivity contribution in [2.45, 2.75) is 31.8 Å². The van der Waals surface area contributed by atoms with Crippen molar-refractivity contribution in [2.75, 3.05) is 25.4 Å². The van der Waals surface area contributed by atoms with Gasteiger partial charge in [-0.2, -0.15) is 8.42 Å². The van der Waals surface area contributed by atoms with Crippen LogP contribution < -0.4 is 0 Å². The van der Waals surface area contributed by atoms with Gasteiger partial charge in [-0.05, 0) is 19.3 Å². The molecular formula is C11H18FNO4S. The number of likely N-dealkylation sites (tertiary alicyclic amines) is 1. The molecule has 2 aliphatic heterocycles. The lowest BCUT2D eigenvalue weighted by Gasteiger charge is -2.27. The maximum atomic E-state index is 12.6. The minimum Gasteiger partial charge on any atom is -0.376 e. The molecule has 0 N–H and O–H groups in total. The number of rotatable bonds is 4. The molecule has 2 saturated heterocycles. The highest BCUT2D eigenvalue weighted by Crippen LogP contribution is 2.22. The van der Waals surface area contributed by atoms with Crippen molar-refractivity contribution in [3.05, 3.63) is 0 Å². The van der Waals surface area contributed by atoms with Crippen LogP contribution in [0.5, 0.6) is 0 Å². The summed E-state index contributed by atoms with van der Waals surface area (Å²) in [5.41, 5.74) is 0. The molecule has 0 aromatic carbocycles. The fourth-order valence-corrected chi connectivity index (χ4v) is 3.41. The van der Waals surface area contributed by atoms with Crippen LogP contribution in [0.1, 0.15) is 25.7 Å². The van der Waals surface area contributed by atoms with E-state index >= 15 is 0 Å². The molecule has 0 aromatic heterocycles. The number of ether oxygens (including phenoxy) is 1. The van der Waals surface area contributed by atoms with Gasteiger partial charge in [0, 0.05) is 32.0 Å². The van der Waals surface area contributed by atoms with Crippen molar-refractivity contribution in [1.82, 2.24) is 4.90 Å². The third kappa shape index (κ3) is 3.91. The first kappa shape index (κ1) is 13.7. The molecule has 2 rings (SSSR count). The second kappa shape index (κ2) is 5.52. The Morgan fingerprint density at radius 3 is 2.78 bits per heavy atom. The number of halogens is 1. The van der Waals surface area contributed by atoms with E-state index in [4.69, 9.17) is 4.74 Å². The van der Waals surface area contributed by atoms with E-state index in [0.29, 0.717) is 13.1 Å². The zero-order valence-electron chi connectivity index (χ0n) is 10.2. The van der Waals surface area contributed by atoms with E-state index in [0.717, 1.165) is 25.9 Å². The number of nitrogens with zero attached hydrogens (tertiary/aromatic N) is 1.